The van der Waals surface area contributed by atoms with Gasteiger partial charge in [-0.2, -0.15) is 5.10 Å². The lowest BCUT2D eigenvalue weighted by Crippen LogP contribution is -2.29. The number of urea groups is 1. The topological polar surface area (TPSA) is 69.8 Å². The third-order valence-corrected chi connectivity index (χ3v) is 4.19. The van der Waals surface area contributed by atoms with E-state index in [2.05, 4.69) is 52.9 Å². The standard InChI is InChI=1S/C18H24N4O/c1-4-9-19-18(23)20-17-15(13-6-7-13)21-22-16(17)14-8-5-11(2)10-12(14)3/h5,8,10,13H,4,6-7,9H2,1-3H3,(H,21,22)(H2,19,20,23). The average molecular weight is 312 g/mol. The van der Waals surface area contributed by atoms with E-state index in [0.29, 0.717) is 12.5 Å². The van der Waals surface area contributed by atoms with Crippen LogP contribution in [0.25, 0.3) is 11.3 Å². The van der Waals surface area contributed by atoms with E-state index in [0.717, 1.165) is 47.5 Å². The van der Waals surface area contributed by atoms with Crippen molar-refractivity contribution in [2.75, 3.05) is 11.9 Å². The number of nitrogens with zero attached hydrogens (tertiary/aromatic N) is 1. The molecule has 2 aromatic rings. The summed E-state index contributed by atoms with van der Waals surface area (Å²) in [5.41, 5.74) is 6.15. The third kappa shape index (κ3) is 3.38. The van der Waals surface area contributed by atoms with Crippen LogP contribution in [0, 0.1) is 13.8 Å². The van der Waals surface area contributed by atoms with Crippen molar-refractivity contribution in [1.82, 2.24) is 15.5 Å². The minimum atomic E-state index is -0.166. The first-order valence-electron chi connectivity index (χ1n) is 8.31. The van der Waals surface area contributed by atoms with Crippen molar-refractivity contribution in [3.05, 3.63) is 35.0 Å². The number of carbonyl (C=O) groups excluding carboxylic acids is 1. The molecule has 0 spiro atoms. The molecule has 3 N–H and O–H groups in total. The average Bonchev–Trinajstić information content (AvgIpc) is 3.28. The van der Waals surface area contributed by atoms with E-state index in [1.165, 1.54) is 5.56 Å². The van der Waals surface area contributed by atoms with Gasteiger partial charge >= 0.3 is 6.03 Å². The molecule has 1 aliphatic rings. The van der Waals surface area contributed by atoms with Crippen LogP contribution in [0.4, 0.5) is 10.5 Å². The van der Waals surface area contributed by atoms with Gasteiger partial charge in [0, 0.05) is 18.0 Å². The maximum atomic E-state index is 12.1. The second-order valence-electron chi connectivity index (χ2n) is 6.33. The largest absolute Gasteiger partial charge is 0.338 e. The Morgan fingerprint density at radius 1 is 1.35 bits per heavy atom. The van der Waals surface area contributed by atoms with Crippen molar-refractivity contribution < 1.29 is 4.79 Å². The zero-order valence-electron chi connectivity index (χ0n) is 14.0. The fourth-order valence-electron chi connectivity index (χ4n) is 2.82. The number of hydrogen-bond acceptors (Lipinski definition) is 2. The Morgan fingerprint density at radius 2 is 2.13 bits per heavy atom. The molecule has 1 saturated carbocycles. The molecular formula is C18H24N4O. The van der Waals surface area contributed by atoms with E-state index < -0.39 is 0 Å². The molecule has 23 heavy (non-hydrogen) atoms. The summed E-state index contributed by atoms with van der Waals surface area (Å²) >= 11 is 0. The van der Waals surface area contributed by atoms with Gasteiger partial charge in [-0.3, -0.25) is 5.10 Å². The molecular weight excluding hydrogens is 288 g/mol. The molecule has 0 aliphatic heterocycles. The molecule has 0 bridgehead atoms. The monoisotopic (exact) mass is 312 g/mol. The van der Waals surface area contributed by atoms with E-state index >= 15 is 0 Å². The number of nitrogens with one attached hydrogen (secondary N) is 3. The Balaban J connectivity index is 1.95. The van der Waals surface area contributed by atoms with Crippen LogP contribution in [-0.4, -0.2) is 22.8 Å². The van der Waals surface area contributed by atoms with Crippen LogP contribution in [0.15, 0.2) is 18.2 Å². The number of aromatic amines is 1. The van der Waals surface area contributed by atoms with Crippen LogP contribution in [0.1, 0.15) is 48.9 Å². The normalized spacial score (nSPS) is 13.9. The van der Waals surface area contributed by atoms with Crippen molar-refractivity contribution in [2.45, 2.75) is 46.0 Å². The minimum Gasteiger partial charge on any atom is -0.338 e. The van der Waals surface area contributed by atoms with Gasteiger partial charge in [-0.05, 0) is 38.7 Å². The Kier molecular flexibility index (Phi) is 4.37. The highest BCUT2D eigenvalue weighted by atomic mass is 16.2. The fourth-order valence-corrected chi connectivity index (χ4v) is 2.82. The number of anilines is 1. The van der Waals surface area contributed by atoms with Crippen molar-refractivity contribution >= 4 is 11.7 Å². The molecule has 0 saturated heterocycles. The first kappa shape index (κ1) is 15.6. The number of rotatable bonds is 5. The number of H-pyrrole nitrogens is 1. The SMILES string of the molecule is CCCNC(=O)Nc1c(-c2ccc(C)cc2C)n[nH]c1C1CC1. The van der Waals surface area contributed by atoms with Gasteiger partial charge in [-0.25, -0.2) is 4.79 Å². The molecule has 122 valence electrons. The van der Waals surface area contributed by atoms with Crippen LogP contribution in [0.2, 0.25) is 0 Å². The van der Waals surface area contributed by atoms with E-state index in [1.807, 2.05) is 6.92 Å². The first-order valence-corrected chi connectivity index (χ1v) is 8.31. The van der Waals surface area contributed by atoms with Crippen molar-refractivity contribution in [2.24, 2.45) is 0 Å². The summed E-state index contributed by atoms with van der Waals surface area (Å²) in [7, 11) is 0. The lowest BCUT2D eigenvalue weighted by molar-refractivity contribution is 0.252. The van der Waals surface area contributed by atoms with Gasteiger partial charge in [0.2, 0.25) is 0 Å². The molecule has 1 aromatic heterocycles. The molecule has 0 radical (unpaired) electrons. The highest BCUT2D eigenvalue weighted by Gasteiger charge is 2.31. The molecule has 1 aliphatic carbocycles. The van der Waals surface area contributed by atoms with Crippen molar-refractivity contribution in [3.8, 4) is 11.3 Å². The molecule has 1 aromatic carbocycles. The summed E-state index contributed by atoms with van der Waals surface area (Å²) in [6, 6.07) is 6.13. The van der Waals surface area contributed by atoms with Crippen molar-refractivity contribution in [3.63, 3.8) is 0 Å². The highest BCUT2D eigenvalue weighted by molar-refractivity contribution is 5.95. The quantitative estimate of drug-likeness (QED) is 0.778. The zero-order chi connectivity index (χ0) is 16.4. The fraction of sp³-hybridized carbons (Fsp3) is 0.444. The van der Waals surface area contributed by atoms with Gasteiger partial charge in [0.15, 0.2) is 0 Å². The molecule has 0 atom stereocenters. The van der Waals surface area contributed by atoms with Crippen LogP contribution >= 0.6 is 0 Å². The molecule has 5 nitrogen and oxygen atoms in total. The van der Waals surface area contributed by atoms with Crippen LogP contribution in [0.5, 0.6) is 0 Å². The van der Waals surface area contributed by atoms with Crippen LogP contribution < -0.4 is 10.6 Å². The Morgan fingerprint density at radius 3 is 2.78 bits per heavy atom. The second-order valence-corrected chi connectivity index (χ2v) is 6.33. The molecule has 1 fully saturated rings. The summed E-state index contributed by atoms with van der Waals surface area (Å²) < 4.78 is 0. The second kappa shape index (κ2) is 6.44. The number of aromatic nitrogens is 2. The van der Waals surface area contributed by atoms with Crippen LogP contribution in [-0.2, 0) is 0 Å². The van der Waals surface area contributed by atoms with Gasteiger partial charge in [-0.1, -0.05) is 30.7 Å². The van der Waals surface area contributed by atoms with E-state index in [-0.39, 0.29) is 6.03 Å². The maximum Gasteiger partial charge on any atom is 0.319 e. The van der Waals surface area contributed by atoms with Gasteiger partial charge in [0.05, 0.1) is 11.4 Å². The third-order valence-electron chi connectivity index (χ3n) is 4.19. The summed E-state index contributed by atoms with van der Waals surface area (Å²) in [5.74, 6) is 0.489. The molecule has 0 unspecified atom stereocenters. The van der Waals surface area contributed by atoms with E-state index in [9.17, 15) is 4.79 Å². The number of hydrogen-bond donors (Lipinski definition) is 3. The number of amides is 2. The summed E-state index contributed by atoms with van der Waals surface area (Å²) in [4.78, 5) is 12.1. The summed E-state index contributed by atoms with van der Waals surface area (Å²) in [5, 5.41) is 13.5. The maximum absolute atomic E-state index is 12.1. The van der Waals surface area contributed by atoms with E-state index in [1.54, 1.807) is 0 Å². The highest BCUT2D eigenvalue weighted by Crippen LogP contribution is 2.45. The molecule has 1 heterocycles. The smallest absolute Gasteiger partial charge is 0.319 e. The number of aryl methyl sites for hydroxylation is 2. The predicted octanol–water partition coefficient (Wildman–Crippen LogP) is 4.10. The Bertz CT molecular complexity index is 716. The summed E-state index contributed by atoms with van der Waals surface area (Å²) in [6.07, 6.45) is 3.22. The van der Waals surface area contributed by atoms with Gasteiger partial charge < -0.3 is 10.6 Å². The lowest BCUT2D eigenvalue weighted by atomic mass is 10.0. The Hall–Kier alpha value is -2.30. The molecule has 2 amide bonds. The summed E-state index contributed by atoms with van der Waals surface area (Å²) in [6.45, 7) is 6.86. The lowest BCUT2D eigenvalue weighted by Gasteiger charge is -2.11. The first-order chi connectivity index (χ1) is 11.1. The van der Waals surface area contributed by atoms with Gasteiger partial charge in [0.25, 0.3) is 0 Å². The molecule has 5 heteroatoms. The van der Waals surface area contributed by atoms with E-state index in [4.69, 9.17) is 0 Å². The van der Waals surface area contributed by atoms with Crippen molar-refractivity contribution in [1.29, 1.82) is 0 Å². The van der Waals surface area contributed by atoms with Gasteiger partial charge in [-0.15, -0.1) is 0 Å². The minimum absolute atomic E-state index is 0.166. The number of benzene rings is 1. The van der Waals surface area contributed by atoms with Gasteiger partial charge in [0.1, 0.15) is 5.69 Å². The number of carbonyl (C=O) groups is 1. The Labute approximate surface area is 136 Å². The predicted molar refractivity (Wildman–Crippen MR) is 92.8 cm³/mol. The molecule has 3 rings (SSSR count). The van der Waals surface area contributed by atoms with Crippen LogP contribution in [0.3, 0.4) is 0 Å². The zero-order valence-corrected chi connectivity index (χ0v) is 14.0.